The van der Waals surface area contributed by atoms with Gasteiger partial charge in [0.15, 0.2) is 0 Å². The first-order valence-corrected chi connectivity index (χ1v) is 7.03. The number of nitrogens with zero attached hydrogens (tertiary/aromatic N) is 2. The van der Waals surface area contributed by atoms with E-state index in [2.05, 4.69) is 4.98 Å². The Balaban J connectivity index is 2.04. The number of hydrogen-bond donors (Lipinski definition) is 0. The molecule has 1 atom stereocenters. The zero-order chi connectivity index (χ0) is 14.8. The third-order valence-electron chi connectivity index (χ3n) is 3.92. The van der Waals surface area contributed by atoms with Gasteiger partial charge in [0.25, 0.3) is 0 Å². The van der Waals surface area contributed by atoms with Gasteiger partial charge >= 0.3 is 5.97 Å². The smallest absolute Gasteiger partial charge is 0.328 e. The molecule has 0 radical (unpaired) electrons. The van der Waals surface area contributed by atoms with Crippen LogP contribution in [0.3, 0.4) is 0 Å². The first-order chi connectivity index (χ1) is 10.2. The quantitative estimate of drug-likeness (QED) is 0.814. The van der Waals surface area contributed by atoms with Crippen molar-refractivity contribution in [1.82, 2.24) is 9.55 Å². The van der Waals surface area contributed by atoms with Gasteiger partial charge in [-0.05, 0) is 43.5 Å². The average molecular weight is 286 g/mol. The standard InChI is InChI=1S/C16H18N2O3/c1-20-13-8-6-11(7-9-13)15-17-10-12-4-3-5-14(18(12)15)16(19)21-2/h6-10,14H,3-5H2,1-2H3. The van der Waals surface area contributed by atoms with Crippen LogP contribution in [0.15, 0.2) is 30.5 Å². The maximum Gasteiger partial charge on any atom is 0.328 e. The van der Waals surface area contributed by atoms with Crippen molar-refractivity contribution >= 4 is 5.97 Å². The zero-order valence-electron chi connectivity index (χ0n) is 12.2. The fourth-order valence-corrected chi connectivity index (χ4v) is 2.85. The summed E-state index contributed by atoms with van der Waals surface area (Å²) in [5, 5.41) is 0. The summed E-state index contributed by atoms with van der Waals surface area (Å²) in [4.78, 5) is 16.5. The molecular weight excluding hydrogens is 268 g/mol. The summed E-state index contributed by atoms with van der Waals surface area (Å²) in [5.74, 6) is 1.40. The molecule has 2 heterocycles. The van der Waals surface area contributed by atoms with Crippen LogP contribution in [0.25, 0.3) is 11.4 Å². The van der Waals surface area contributed by atoms with E-state index in [0.29, 0.717) is 0 Å². The number of carbonyl (C=O) groups excluding carboxylic acids is 1. The summed E-state index contributed by atoms with van der Waals surface area (Å²) in [6, 6.07) is 7.42. The maximum absolute atomic E-state index is 12.0. The van der Waals surface area contributed by atoms with Gasteiger partial charge in [0, 0.05) is 17.5 Å². The number of aryl methyl sites for hydroxylation is 1. The molecule has 5 nitrogen and oxygen atoms in total. The van der Waals surface area contributed by atoms with E-state index in [1.807, 2.05) is 35.0 Å². The highest BCUT2D eigenvalue weighted by Gasteiger charge is 2.29. The largest absolute Gasteiger partial charge is 0.497 e. The second kappa shape index (κ2) is 5.60. The van der Waals surface area contributed by atoms with Crippen molar-refractivity contribution in [2.45, 2.75) is 25.3 Å². The monoisotopic (exact) mass is 286 g/mol. The molecule has 0 fully saturated rings. The summed E-state index contributed by atoms with van der Waals surface area (Å²) >= 11 is 0. The van der Waals surface area contributed by atoms with Crippen LogP contribution >= 0.6 is 0 Å². The van der Waals surface area contributed by atoms with Crippen LogP contribution in [0.4, 0.5) is 0 Å². The zero-order valence-corrected chi connectivity index (χ0v) is 12.2. The highest BCUT2D eigenvalue weighted by atomic mass is 16.5. The van der Waals surface area contributed by atoms with E-state index in [0.717, 1.165) is 42.1 Å². The third kappa shape index (κ3) is 2.39. The molecule has 0 N–H and O–H groups in total. The topological polar surface area (TPSA) is 53.4 Å². The van der Waals surface area contributed by atoms with Crippen LogP contribution < -0.4 is 4.74 Å². The molecule has 1 aromatic heterocycles. The van der Waals surface area contributed by atoms with Crippen molar-refractivity contribution in [2.24, 2.45) is 0 Å². The van der Waals surface area contributed by atoms with E-state index in [1.54, 1.807) is 7.11 Å². The molecule has 21 heavy (non-hydrogen) atoms. The second-order valence-electron chi connectivity index (χ2n) is 5.10. The summed E-state index contributed by atoms with van der Waals surface area (Å²) in [5.41, 5.74) is 2.06. The van der Waals surface area contributed by atoms with E-state index >= 15 is 0 Å². The van der Waals surface area contributed by atoms with Crippen molar-refractivity contribution < 1.29 is 14.3 Å². The summed E-state index contributed by atoms with van der Waals surface area (Å²) in [7, 11) is 3.07. The number of aromatic nitrogens is 2. The summed E-state index contributed by atoms with van der Waals surface area (Å²) in [6.07, 6.45) is 4.57. The number of methoxy groups -OCH3 is 2. The van der Waals surface area contributed by atoms with Crippen LogP contribution in [0.5, 0.6) is 5.75 Å². The molecule has 0 saturated carbocycles. The predicted molar refractivity (Wildman–Crippen MR) is 78.2 cm³/mol. The molecule has 3 rings (SSSR count). The lowest BCUT2D eigenvalue weighted by atomic mass is 10.0. The average Bonchev–Trinajstić information content (AvgIpc) is 2.98. The highest BCUT2D eigenvalue weighted by molar-refractivity contribution is 5.75. The molecule has 110 valence electrons. The number of ether oxygens (including phenoxy) is 2. The minimum atomic E-state index is -0.279. The van der Waals surface area contributed by atoms with E-state index < -0.39 is 0 Å². The van der Waals surface area contributed by atoms with Crippen LogP contribution in [0.2, 0.25) is 0 Å². The number of hydrogen-bond acceptors (Lipinski definition) is 4. The van der Waals surface area contributed by atoms with E-state index in [4.69, 9.17) is 9.47 Å². The van der Waals surface area contributed by atoms with E-state index in [1.165, 1.54) is 7.11 Å². The molecule has 0 spiro atoms. The SMILES string of the molecule is COC(=O)C1CCCc2cnc(-c3ccc(OC)cc3)n21. The molecule has 0 bridgehead atoms. The normalized spacial score (nSPS) is 17.1. The Hall–Kier alpha value is -2.30. The number of carbonyl (C=O) groups is 1. The van der Waals surface area contributed by atoms with Gasteiger partial charge in [-0.15, -0.1) is 0 Å². The Bertz CT molecular complexity index is 646. The minimum absolute atomic E-state index is 0.205. The lowest BCUT2D eigenvalue weighted by molar-refractivity contribution is -0.145. The van der Waals surface area contributed by atoms with Crippen molar-refractivity contribution in [3.8, 4) is 17.1 Å². The first kappa shape index (κ1) is 13.7. The Labute approximate surface area is 123 Å². The summed E-state index contributed by atoms with van der Waals surface area (Å²) in [6.45, 7) is 0. The Morgan fingerprint density at radius 2 is 2.05 bits per heavy atom. The molecular formula is C16H18N2O3. The number of esters is 1. The molecule has 1 aliphatic rings. The van der Waals surface area contributed by atoms with Crippen LogP contribution in [0.1, 0.15) is 24.6 Å². The molecule has 1 unspecified atom stereocenters. The number of fused-ring (bicyclic) bond motifs is 1. The number of rotatable bonds is 3. The molecule has 0 aliphatic carbocycles. The van der Waals surface area contributed by atoms with E-state index in [-0.39, 0.29) is 12.0 Å². The molecule has 0 saturated heterocycles. The number of imidazole rings is 1. The van der Waals surface area contributed by atoms with Crippen molar-refractivity contribution in [3.63, 3.8) is 0 Å². The van der Waals surface area contributed by atoms with Crippen LogP contribution in [-0.4, -0.2) is 29.7 Å². The Morgan fingerprint density at radius 1 is 1.29 bits per heavy atom. The van der Waals surface area contributed by atoms with Crippen molar-refractivity contribution in [3.05, 3.63) is 36.2 Å². The predicted octanol–water partition coefficient (Wildman–Crippen LogP) is 2.61. The number of benzene rings is 1. The van der Waals surface area contributed by atoms with Gasteiger partial charge in [-0.2, -0.15) is 0 Å². The Kier molecular flexibility index (Phi) is 3.64. The fourth-order valence-electron chi connectivity index (χ4n) is 2.85. The van der Waals surface area contributed by atoms with Gasteiger partial charge in [-0.1, -0.05) is 0 Å². The highest BCUT2D eigenvalue weighted by Crippen LogP contribution is 2.32. The van der Waals surface area contributed by atoms with Gasteiger partial charge in [-0.25, -0.2) is 9.78 Å². The molecule has 5 heteroatoms. The van der Waals surface area contributed by atoms with Gasteiger partial charge in [0.1, 0.15) is 17.6 Å². The minimum Gasteiger partial charge on any atom is -0.497 e. The molecule has 0 amide bonds. The first-order valence-electron chi connectivity index (χ1n) is 7.03. The van der Waals surface area contributed by atoms with Gasteiger partial charge in [0.05, 0.1) is 14.2 Å². The van der Waals surface area contributed by atoms with Crippen LogP contribution in [-0.2, 0) is 16.0 Å². The van der Waals surface area contributed by atoms with Gasteiger partial charge < -0.3 is 14.0 Å². The van der Waals surface area contributed by atoms with Crippen LogP contribution in [0, 0.1) is 0 Å². The summed E-state index contributed by atoms with van der Waals surface area (Å²) < 4.78 is 12.1. The van der Waals surface area contributed by atoms with Crippen molar-refractivity contribution in [2.75, 3.05) is 14.2 Å². The van der Waals surface area contributed by atoms with Gasteiger partial charge in [-0.3, -0.25) is 0 Å². The molecule has 1 aliphatic heterocycles. The third-order valence-corrected chi connectivity index (χ3v) is 3.92. The van der Waals surface area contributed by atoms with Crippen molar-refractivity contribution in [1.29, 1.82) is 0 Å². The van der Waals surface area contributed by atoms with Gasteiger partial charge in [0.2, 0.25) is 0 Å². The molecule has 1 aromatic carbocycles. The maximum atomic E-state index is 12.0. The molecule has 2 aromatic rings. The lowest BCUT2D eigenvalue weighted by Crippen LogP contribution is -2.26. The Morgan fingerprint density at radius 3 is 2.71 bits per heavy atom. The van der Waals surface area contributed by atoms with E-state index in [9.17, 15) is 4.79 Å². The second-order valence-corrected chi connectivity index (χ2v) is 5.10. The fraction of sp³-hybridized carbons (Fsp3) is 0.375. The lowest BCUT2D eigenvalue weighted by Gasteiger charge is -2.25.